The van der Waals surface area contributed by atoms with Crippen LogP contribution in [0.2, 0.25) is 0 Å². The predicted molar refractivity (Wildman–Crippen MR) is 114 cm³/mol. The molecule has 0 atom stereocenters. The van der Waals surface area contributed by atoms with Crippen molar-refractivity contribution >= 4 is 5.69 Å². The maximum Gasteiger partial charge on any atom is 0.142 e. The van der Waals surface area contributed by atoms with E-state index in [0.717, 1.165) is 69.2 Å². The Morgan fingerprint density at radius 3 is 2.36 bits per heavy atom. The molecule has 1 fully saturated rings. The van der Waals surface area contributed by atoms with E-state index < -0.39 is 0 Å². The van der Waals surface area contributed by atoms with Crippen LogP contribution in [0, 0.1) is 0 Å². The van der Waals surface area contributed by atoms with Gasteiger partial charge in [0.2, 0.25) is 0 Å². The highest BCUT2D eigenvalue weighted by molar-refractivity contribution is 5.58. The van der Waals surface area contributed by atoms with Gasteiger partial charge in [-0.25, -0.2) is 0 Å². The highest BCUT2D eigenvalue weighted by Crippen LogP contribution is 2.28. The molecule has 0 bridgehead atoms. The molecule has 28 heavy (non-hydrogen) atoms. The minimum Gasteiger partial charge on any atom is -0.495 e. The first-order valence-corrected chi connectivity index (χ1v) is 10.2. The lowest BCUT2D eigenvalue weighted by Crippen LogP contribution is -2.46. The van der Waals surface area contributed by atoms with Gasteiger partial charge in [-0.05, 0) is 49.6 Å². The van der Waals surface area contributed by atoms with Crippen molar-refractivity contribution in [3.05, 3.63) is 54.1 Å². The van der Waals surface area contributed by atoms with Gasteiger partial charge < -0.3 is 19.5 Å². The van der Waals surface area contributed by atoms with Crippen LogP contribution >= 0.6 is 0 Å². The number of nitrogens with zero attached hydrogens (tertiary/aromatic N) is 2. The van der Waals surface area contributed by atoms with Gasteiger partial charge in [0, 0.05) is 32.8 Å². The number of rotatable bonds is 10. The van der Waals surface area contributed by atoms with Gasteiger partial charge in [-0.15, -0.1) is 0 Å². The van der Waals surface area contributed by atoms with E-state index in [2.05, 4.69) is 21.9 Å². The minimum atomic E-state index is 0.154. The minimum absolute atomic E-state index is 0.154. The molecular formula is C23H32N2O3. The number of anilines is 1. The zero-order valence-corrected chi connectivity index (χ0v) is 16.8. The monoisotopic (exact) mass is 384 g/mol. The molecule has 0 aliphatic carbocycles. The van der Waals surface area contributed by atoms with Gasteiger partial charge >= 0.3 is 0 Å². The van der Waals surface area contributed by atoms with Gasteiger partial charge in [0.1, 0.15) is 11.5 Å². The fraction of sp³-hybridized carbons (Fsp3) is 0.478. The molecule has 1 heterocycles. The third-order valence-electron chi connectivity index (χ3n) is 5.28. The second-order valence-electron chi connectivity index (χ2n) is 7.14. The molecule has 5 heteroatoms. The van der Waals surface area contributed by atoms with Crippen molar-refractivity contribution in [1.29, 1.82) is 0 Å². The van der Waals surface area contributed by atoms with Crippen molar-refractivity contribution in [3.8, 4) is 11.5 Å². The first kappa shape index (κ1) is 20.5. The topological polar surface area (TPSA) is 45.2 Å². The number of aliphatic hydroxyl groups is 1. The number of ether oxygens (including phenoxy) is 2. The maximum atomic E-state index is 9.15. The predicted octanol–water partition coefficient (Wildman–Crippen LogP) is 3.21. The Bertz CT molecular complexity index is 714. The Hall–Kier alpha value is -2.24. The summed E-state index contributed by atoms with van der Waals surface area (Å²) < 4.78 is 11.4. The molecule has 5 nitrogen and oxygen atoms in total. The van der Waals surface area contributed by atoms with E-state index in [1.165, 1.54) is 5.69 Å². The summed E-state index contributed by atoms with van der Waals surface area (Å²) in [6, 6.07) is 16.2. The second kappa shape index (κ2) is 10.9. The smallest absolute Gasteiger partial charge is 0.142 e. The lowest BCUT2D eigenvalue weighted by atomic mass is 10.1. The highest BCUT2D eigenvalue weighted by atomic mass is 16.5. The summed E-state index contributed by atoms with van der Waals surface area (Å²) in [4.78, 5) is 4.95. The standard InChI is InChI=1S/C23H32N2O3/c1-27-23-11-5-3-9-21(23)25-16-14-24(15-17-25)13-6-7-19-28-22-10-4-2-8-20(22)12-18-26/h2-5,8-11,26H,6-7,12-19H2,1H3. The van der Waals surface area contributed by atoms with Crippen LogP contribution in [0.15, 0.2) is 48.5 Å². The average molecular weight is 385 g/mol. The van der Waals surface area contributed by atoms with Gasteiger partial charge in [-0.1, -0.05) is 30.3 Å². The van der Waals surface area contributed by atoms with E-state index in [4.69, 9.17) is 14.6 Å². The van der Waals surface area contributed by atoms with Crippen molar-refractivity contribution in [2.75, 3.05) is 57.9 Å². The fourth-order valence-electron chi connectivity index (χ4n) is 3.69. The molecule has 1 N–H and O–H groups in total. The van der Waals surface area contributed by atoms with Crippen molar-refractivity contribution in [1.82, 2.24) is 4.90 Å². The maximum absolute atomic E-state index is 9.15. The molecule has 3 rings (SSSR count). The van der Waals surface area contributed by atoms with Crippen LogP contribution in [-0.2, 0) is 6.42 Å². The molecule has 0 amide bonds. The van der Waals surface area contributed by atoms with E-state index in [0.29, 0.717) is 6.42 Å². The molecule has 1 aliphatic rings. The summed E-state index contributed by atoms with van der Waals surface area (Å²) in [5, 5.41) is 9.15. The molecule has 1 saturated heterocycles. The quantitative estimate of drug-likeness (QED) is 0.638. The van der Waals surface area contributed by atoms with Crippen LogP contribution in [0.25, 0.3) is 0 Å². The second-order valence-corrected chi connectivity index (χ2v) is 7.14. The number of benzene rings is 2. The summed E-state index contributed by atoms with van der Waals surface area (Å²) in [7, 11) is 1.74. The lowest BCUT2D eigenvalue weighted by Gasteiger charge is -2.36. The largest absolute Gasteiger partial charge is 0.495 e. The Morgan fingerprint density at radius 1 is 0.893 bits per heavy atom. The molecule has 0 saturated carbocycles. The van der Waals surface area contributed by atoms with E-state index in [9.17, 15) is 0 Å². The molecule has 2 aromatic carbocycles. The van der Waals surface area contributed by atoms with Gasteiger partial charge in [0.15, 0.2) is 0 Å². The number of piperazine rings is 1. The SMILES string of the molecule is COc1ccccc1N1CCN(CCCCOc2ccccc2CCO)CC1. The van der Waals surface area contributed by atoms with Crippen LogP contribution < -0.4 is 14.4 Å². The zero-order chi connectivity index (χ0) is 19.6. The normalized spacial score (nSPS) is 14.9. The van der Waals surface area contributed by atoms with E-state index in [-0.39, 0.29) is 6.61 Å². The summed E-state index contributed by atoms with van der Waals surface area (Å²) in [5.41, 5.74) is 2.28. The zero-order valence-electron chi connectivity index (χ0n) is 16.8. The average Bonchev–Trinajstić information content (AvgIpc) is 2.75. The molecule has 0 aromatic heterocycles. The number of unbranched alkanes of at least 4 members (excludes halogenated alkanes) is 1. The molecule has 0 spiro atoms. The fourth-order valence-corrected chi connectivity index (χ4v) is 3.69. The third kappa shape index (κ3) is 5.63. The van der Waals surface area contributed by atoms with E-state index in [1.807, 2.05) is 36.4 Å². The van der Waals surface area contributed by atoms with Gasteiger partial charge in [-0.3, -0.25) is 4.90 Å². The summed E-state index contributed by atoms with van der Waals surface area (Å²) in [6.45, 7) is 6.22. The summed E-state index contributed by atoms with van der Waals surface area (Å²) >= 11 is 0. The molecular weight excluding hydrogens is 352 g/mol. The van der Waals surface area contributed by atoms with Crippen LogP contribution in [0.5, 0.6) is 11.5 Å². The number of hydrogen-bond donors (Lipinski definition) is 1. The number of aliphatic hydroxyl groups excluding tert-OH is 1. The van der Waals surface area contributed by atoms with Crippen molar-refractivity contribution in [3.63, 3.8) is 0 Å². The molecule has 0 radical (unpaired) electrons. The molecule has 0 unspecified atom stereocenters. The first-order chi connectivity index (χ1) is 13.8. The Morgan fingerprint density at radius 2 is 1.61 bits per heavy atom. The Kier molecular flexibility index (Phi) is 8.00. The molecule has 152 valence electrons. The van der Waals surface area contributed by atoms with Gasteiger partial charge in [0.25, 0.3) is 0 Å². The molecule has 1 aliphatic heterocycles. The highest BCUT2D eigenvalue weighted by Gasteiger charge is 2.19. The number of methoxy groups -OCH3 is 1. The van der Waals surface area contributed by atoms with E-state index >= 15 is 0 Å². The van der Waals surface area contributed by atoms with Crippen molar-refractivity contribution in [2.45, 2.75) is 19.3 Å². The van der Waals surface area contributed by atoms with Gasteiger partial charge in [0.05, 0.1) is 19.4 Å². The Balaban J connectivity index is 1.35. The van der Waals surface area contributed by atoms with Crippen molar-refractivity contribution in [2.24, 2.45) is 0 Å². The number of para-hydroxylation sites is 3. The van der Waals surface area contributed by atoms with Gasteiger partial charge in [-0.2, -0.15) is 0 Å². The third-order valence-corrected chi connectivity index (χ3v) is 5.28. The van der Waals surface area contributed by atoms with Crippen LogP contribution in [0.3, 0.4) is 0 Å². The van der Waals surface area contributed by atoms with Crippen molar-refractivity contribution < 1.29 is 14.6 Å². The van der Waals surface area contributed by atoms with Crippen LogP contribution in [0.4, 0.5) is 5.69 Å². The van der Waals surface area contributed by atoms with E-state index in [1.54, 1.807) is 7.11 Å². The van der Waals surface area contributed by atoms with Crippen LogP contribution in [-0.4, -0.2) is 63.1 Å². The van der Waals surface area contributed by atoms with Crippen LogP contribution in [0.1, 0.15) is 18.4 Å². The first-order valence-electron chi connectivity index (χ1n) is 10.2. The summed E-state index contributed by atoms with van der Waals surface area (Å²) in [5.74, 6) is 1.86. The summed E-state index contributed by atoms with van der Waals surface area (Å²) in [6.07, 6.45) is 2.82. The molecule has 2 aromatic rings. The Labute approximate surface area is 168 Å². The lowest BCUT2D eigenvalue weighted by molar-refractivity contribution is 0.237. The number of hydrogen-bond acceptors (Lipinski definition) is 5.